The van der Waals surface area contributed by atoms with Gasteiger partial charge in [-0.2, -0.15) is 0 Å². The number of nitrogens with zero attached hydrogens (tertiary/aromatic N) is 2. The maximum atomic E-state index is 4.34. The van der Waals surface area contributed by atoms with Crippen LogP contribution in [0.5, 0.6) is 0 Å². The van der Waals surface area contributed by atoms with E-state index in [1.807, 2.05) is 0 Å². The molecule has 0 radical (unpaired) electrons. The fourth-order valence-corrected chi connectivity index (χ4v) is 2.92. The third-order valence-corrected chi connectivity index (χ3v) is 4.00. The largest absolute Gasteiger partial charge is 0.362 e. The Morgan fingerprint density at radius 1 is 1.26 bits per heavy atom. The van der Waals surface area contributed by atoms with Gasteiger partial charge in [0.1, 0.15) is 12.1 Å². The van der Waals surface area contributed by atoms with Crippen molar-refractivity contribution < 1.29 is 0 Å². The van der Waals surface area contributed by atoms with Gasteiger partial charge in [0.15, 0.2) is 0 Å². The monoisotopic (exact) mass is 275 g/mol. The summed E-state index contributed by atoms with van der Waals surface area (Å²) in [5, 5.41) is 5.67. The zero-order valence-electron chi connectivity index (χ0n) is 11.6. The second-order valence-electron chi connectivity index (χ2n) is 4.65. The summed E-state index contributed by atoms with van der Waals surface area (Å²) in [6.45, 7) is 4.38. The Balaban J connectivity index is 2.10. The molecule has 4 heteroatoms. The van der Waals surface area contributed by atoms with Crippen LogP contribution in [0.2, 0.25) is 0 Å². The lowest BCUT2D eigenvalue weighted by Gasteiger charge is -2.17. The molecule has 2 aromatic heterocycles. The molecule has 0 spiro atoms. The molecular formula is C15H21N3S. The number of hydrogen-bond acceptors (Lipinski definition) is 4. The summed E-state index contributed by atoms with van der Waals surface area (Å²) < 4.78 is 0. The van der Waals surface area contributed by atoms with Gasteiger partial charge in [-0.3, -0.25) is 0 Å². The number of thiophene rings is 1. The Labute approximate surface area is 119 Å². The van der Waals surface area contributed by atoms with Crippen LogP contribution < -0.4 is 5.32 Å². The molecule has 2 rings (SSSR count). The fraction of sp³-hybridized carbons (Fsp3) is 0.467. The lowest BCUT2D eigenvalue weighted by molar-refractivity contribution is 0.683. The third kappa shape index (κ3) is 4.03. The first-order valence-corrected chi connectivity index (χ1v) is 7.82. The second kappa shape index (κ2) is 7.24. The van der Waals surface area contributed by atoms with E-state index < -0.39 is 0 Å². The molecule has 1 N–H and O–H groups in total. The SMILES string of the molecule is CCCc1cc(NC(CCC)c2cccs2)ncn1. The molecule has 0 aliphatic heterocycles. The molecule has 0 bridgehead atoms. The number of anilines is 1. The molecule has 19 heavy (non-hydrogen) atoms. The van der Waals surface area contributed by atoms with Gasteiger partial charge in [-0.1, -0.05) is 32.8 Å². The highest BCUT2D eigenvalue weighted by Gasteiger charge is 2.12. The van der Waals surface area contributed by atoms with Crippen molar-refractivity contribution in [1.82, 2.24) is 9.97 Å². The Hall–Kier alpha value is -1.42. The third-order valence-electron chi connectivity index (χ3n) is 3.02. The molecule has 2 aromatic rings. The normalized spacial score (nSPS) is 12.3. The number of aryl methyl sites for hydroxylation is 1. The van der Waals surface area contributed by atoms with Crippen molar-refractivity contribution in [3.63, 3.8) is 0 Å². The van der Waals surface area contributed by atoms with E-state index in [9.17, 15) is 0 Å². The van der Waals surface area contributed by atoms with Crippen molar-refractivity contribution in [2.75, 3.05) is 5.32 Å². The minimum atomic E-state index is 0.356. The molecule has 1 unspecified atom stereocenters. The van der Waals surface area contributed by atoms with E-state index in [1.165, 1.54) is 4.88 Å². The van der Waals surface area contributed by atoms with Crippen LogP contribution in [0.3, 0.4) is 0 Å². The first kappa shape index (κ1) is 14.0. The van der Waals surface area contributed by atoms with Crippen molar-refractivity contribution in [3.8, 4) is 0 Å². The van der Waals surface area contributed by atoms with Gasteiger partial charge in [-0.05, 0) is 24.3 Å². The number of aromatic nitrogens is 2. The Kier molecular flexibility index (Phi) is 5.33. The summed E-state index contributed by atoms with van der Waals surface area (Å²) in [5.74, 6) is 0.935. The highest BCUT2D eigenvalue weighted by atomic mass is 32.1. The van der Waals surface area contributed by atoms with E-state index in [4.69, 9.17) is 0 Å². The number of hydrogen-bond donors (Lipinski definition) is 1. The average Bonchev–Trinajstić information content (AvgIpc) is 2.93. The molecule has 0 aromatic carbocycles. The van der Waals surface area contributed by atoms with E-state index in [1.54, 1.807) is 17.7 Å². The van der Waals surface area contributed by atoms with E-state index in [0.29, 0.717) is 6.04 Å². The van der Waals surface area contributed by atoms with Gasteiger partial charge in [0.25, 0.3) is 0 Å². The molecule has 0 aliphatic rings. The van der Waals surface area contributed by atoms with Gasteiger partial charge < -0.3 is 5.32 Å². The van der Waals surface area contributed by atoms with E-state index in [-0.39, 0.29) is 0 Å². The molecule has 102 valence electrons. The molecule has 2 heterocycles. The fourth-order valence-electron chi connectivity index (χ4n) is 2.11. The van der Waals surface area contributed by atoms with Crippen LogP contribution >= 0.6 is 11.3 Å². The standard InChI is InChI=1S/C15H21N3S/c1-3-6-12-10-15(17-11-16-12)18-13(7-4-2)14-8-5-9-19-14/h5,8-11,13H,3-4,6-7H2,1-2H3,(H,16,17,18). The zero-order valence-corrected chi connectivity index (χ0v) is 12.4. The smallest absolute Gasteiger partial charge is 0.130 e. The van der Waals surface area contributed by atoms with Gasteiger partial charge >= 0.3 is 0 Å². The minimum Gasteiger partial charge on any atom is -0.362 e. The summed E-state index contributed by atoms with van der Waals surface area (Å²) in [5.41, 5.74) is 1.11. The average molecular weight is 275 g/mol. The quantitative estimate of drug-likeness (QED) is 0.811. The van der Waals surface area contributed by atoms with Gasteiger partial charge in [0.2, 0.25) is 0 Å². The van der Waals surface area contributed by atoms with E-state index >= 15 is 0 Å². The van der Waals surface area contributed by atoms with Crippen molar-refractivity contribution in [1.29, 1.82) is 0 Å². The summed E-state index contributed by atoms with van der Waals surface area (Å²) >= 11 is 1.80. The molecular weight excluding hydrogens is 254 g/mol. The first-order valence-electron chi connectivity index (χ1n) is 6.94. The van der Waals surface area contributed by atoms with Gasteiger partial charge in [0, 0.05) is 16.6 Å². The summed E-state index contributed by atoms with van der Waals surface area (Å²) in [6.07, 6.45) is 6.05. The minimum absolute atomic E-state index is 0.356. The Morgan fingerprint density at radius 2 is 2.16 bits per heavy atom. The highest BCUT2D eigenvalue weighted by Crippen LogP contribution is 2.26. The van der Waals surface area contributed by atoms with Gasteiger partial charge in [0.05, 0.1) is 6.04 Å². The van der Waals surface area contributed by atoms with Crippen LogP contribution in [0, 0.1) is 0 Å². The lowest BCUT2D eigenvalue weighted by Crippen LogP contribution is -2.10. The van der Waals surface area contributed by atoms with Crippen molar-refractivity contribution >= 4 is 17.2 Å². The molecule has 1 atom stereocenters. The van der Waals surface area contributed by atoms with Crippen LogP contribution in [-0.2, 0) is 6.42 Å². The summed E-state index contributed by atoms with van der Waals surface area (Å²) in [4.78, 5) is 10.0. The first-order chi connectivity index (χ1) is 9.33. The molecule has 0 amide bonds. The Bertz CT molecular complexity index is 482. The lowest BCUT2D eigenvalue weighted by atomic mass is 10.1. The summed E-state index contributed by atoms with van der Waals surface area (Å²) in [7, 11) is 0. The molecule has 0 fully saturated rings. The highest BCUT2D eigenvalue weighted by molar-refractivity contribution is 7.10. The maximum absolute atomic E-state index is 4.34. The van der Waals surface area contributed by atoms with Crippen LogP contribution in [-0.4, -0.2) is 9.97 Å². The molecule has 0 saturated heterocycles. The maximum Gasteiger partial charge on any atom is 0.130 e. The molecule has 3 nitrogen and oxygen atoms in total. The Morgan fingerprint density at radius 3 is 2.84 bits per heavy atom. The van der Waals surface area contributed by atoms with Crippen molar-refractivity contribution in [2.45, 2.75) is 45.6 Å². The number of nitrogens with one attached hydrogen (secondary N) is 1. The van der Waals surface area contributed by atoms with Crippen LogP contribution in [0.25, 0.3) is 0 Å². The van der Waals surface area contributed by atoms with E-state index in [0.717, 1.165) is 37.2 Å². The number of rotatable bonds is 7. The predicted molar refractivity (Wildman–Crippen MR) is 81.6 cm³/mol. The second-order valence-corrected chi connectivity index (χ2v) is 5.62. The summed E-state index contributed by atoms with van der Waals surface area (Å²) in [6, 6.07) is 6.72. The van der Waals surface area contributed by atoms with Crippen molar-refractivity contribution in [3.05, 3.63) is 40.5 Å². The van der Waals surface area contributed by atoms with Crippen LogP contribution in [0.4, 0.5) is 5.82 Å². The van der Waals surface area contributed by atoms with Crippen LogP contribution in [0.1, 0.15) is 49.7 Å². The zero-order chi connectivity index (χ0) is 13.5. The van der Waals surface area contributed by atoms with Crippen molar-refractivity contribution in [2.24, 2.45) is 0 Å². The van der Waals surface area contributed by atoms with E-state index in [2.05, 4.69) is 52.7 Å². The predicted octanol–water partition coefficient (Wildman–Crippen LogP) is 4.44. The van der Waals surface area contributed by atoms with Crippen LogP contribution in [0.15, 0.2) is 29.9 Å². The van der Waals surface area contributed by atoms with Gasteiger partial charge in [-0.15, -0.1) is 11.3 Å². The van der Waals surface area contributed by atoms with Gasteiger partial charge in [-0.25, -0.2) is 9.97 Å². The molecule has 0 saturated carbocycles. The topological polar surface area (TPSA) is 37.8 Å². The molecule has 0 aliphatic carbocycles.